The van der Waals surface area contributed by atoms with Gasteiger partial charge in [0.2, 0.25) is 12.2 Å². The van der Waals surface area contributed by atoms with Crippen LogP contribution in [0.5, 0.6) is 46.0 Å². The lowest BCUT2D eigenvalue weighted by Crippen LogP contribution is -2.54. The number of carbonyl (C=O) groups excluding carboxylic acids is 2. The number of ether oxygens (including phenoxy) is 2. The first-order valence-electron chi connectivity index (χ1n) is 15.5. The van der Waals surface area contributed by atoms with Gasteiger partial charge in [0.25, 0.3) is 0 Å². The van der Waals surface area contributed by atoms with Crippen molar-refractivity contribution in [1.29, 1.82) is 0 Å². The lowest BCUT2D eigenvalue weighted by atomic mass is 9.52. The summed E-state index contributed by atoms with van der Waals surface area (Å²) < 4.78 is 10.8. The maximum atomic E-state index is 14.0. The third-order valence-corrected chi connectivity index (χ3v) is 8.85. The lowest BCUT2D eigenvalue weighted by molar-refractivity contribution is -0.184. The maximum Gasteiger partial charge on any atom is 0.345 e. The summed E-state index contributed by atoms with van der Waals surface area (Å²) >= 11 is 0. The summed E-state index contributed by atoms with van der Waals surface area (Å²) in [6, 6.07) is 13.8. The molecule has 5 rings (SSSR count). The summed E-state index contributed by atoms with van der Waals surface area (Å²) in [7, 11) is 0. The molecule has 1 aliphatic rings. The smallest absolute Gasteiger partial charge is 0.345 e. The molecule has 0 aliphatic heterocycles. The topological polar surface area (TPSA) is 289 Å². The quantitative estimate of drug-likeness (QED) is 0.0743. The van der Waals surface area contributed by atoms with Gasteiger partial charge in [0.15, 0.2) is 46.0 Å². The van der Waals surface area contributed by atoms with Crippen molar-refractivity contribution in [2.45, 2.75) is 36.9 Å². The van der Waals surface area contributed by atoms with E-state index in [9.17, 15) is 70.2 Å². The number of hydrogen-bond donors (Lipinski definition) is 10. The molecular weight excluding hydrogens is 688 g/mol. The Morgan fingerprint density at radius 2 is 0.769 bits per heavy atom. The van der Waals surface area contributed by atoms with Crippen molar-refractivity contribution in [3.63, 3.8) is 0 Å². The number of rotatable bonds is 12. The van der Waals surface area contributed by atoms with E-state index in [0.717, 1.165) is 48.5 Å². The van der Waals surface area contributed by atoms with Gasteiger partial charge >= 0.3 is 23.9 Å². The highest BCUT2D eigenvalue weighted by Crippen LogP contribution is 2.60. The number of esters is 2. The van der Waals surface area contributed by atoms with Crippen LogP contribution in [0.2, 0.25) is 0 Å². The molecule has 0 heterocycles. The van der Waals surface area contributed by atoms with E-state index in [2.05, 4.69) is 0 Å². The van der Waals surface area contributed by atoms with E-state index < -0.39 is 119 Å². The van der Waals surface area contributed by atoms with Gasteiger partial charge in [0.05, 0.1) is 11.8 Å². The minimum Gasteiger partial charge on any atom is -0.504 e. The second-order valence-electron chi connectivity index (χ2n) is 12.2. The molecule has 52 heavy (non-hydrogen) atoms. The molecule has 0 amide bonds. The van der Waals surface area contributed by atoms with Crippen molar-refractivity contribution < 1.29 is 79.7 Å². The first kappa shape index (κ1) is 36.4. The van der Waals surface area contributed by atoms with Crippen LogP contribution < -0.4 is 0 Å². The number of carbonyl (C=O) groups is 4. The van der Waals surface area contributed by atoms with Gasteiger partial charge in [-0.1, -0.05) is 24.3 Å². The molecule has 272 valence electrons. The Hall–Kier alpha value is -6.84. The zero-order valence-electron chi connectivity index (χ0n) is 26.7. The molecular formula is C36H32O16. The van der Waals surface area contributed by atoms with E-state index in [1.54, 1.807) is 0 Å². The van der Waals surface area contributed by atoms with E-state index in [1.165, 1.54) is 24.3 Å². The Kier molecular flexibility index (Phi) is 10.2. The number of hydrogen-bond acceptors (Lipinski definition) is 14. The molecule has 0 aromatic heterocycles. The maximum absolute atomic E-state index is 14.0. The molecule has 0 spiro atoms. The number of aromatic hydroxyl groups is 8. The van der Waals surface area contributed by atoms with Crippen molar-refractivity contribution in [3.8, 4) is 46.0 Å². The monoisotopic (exact) mass is 720 g/mol. The Morgan fingerprint density at radius 1 is 0.462 bits per heavy atom. The Bertz CT molecular complexity index is 1900. The molecule has 16 nitrogen and oxygen atoms in total. The van der Waals surface area contributed by atoms with Gasteiger partial charge in [-0.25, -0.2) is 9.59 Å². The van der Waals surface area contributed by atoms with Crippen LogP contribution in [-0.4, -0.2) is 87.2 Å². The first-order valence-corrected chi connectivity index (χ1v) is 15.5. The number of phenols is 8. The predicted octanol–water partition coefficient (Wildman–Crippen LogP) is 2.92. The molecule has 0 radical (unpaired) electrons. The molecule has 6 atom stereocenters. The zero-order chi connectivity index (χ0) is 38.0. The predicted molar refractivity (Wildman–Crippen MR) is 174 cm³/mol. The molecule has 1 aliphatic carbocycles. The highest BCUT2D eigenvalue weighted by Gasteiger charge is 2.60. The van der Waals surface area contributed by atoms with E-state index in [4.69, 9.17) is 9.47 Å². The Labute approximate surface area is 293 Å². The molecule has 0 bridgehead atoms. The highest BCUT2D eigenvalue weighted by atomic mass is 16.6. The van der Waals surface area contributed by atoms with Crippen molar-refractivity contribution in [1.82, 2.24) is 0 Å². The standard InChI is InChI=1S/C36H32O16/c37-19-5-1-15(9-23(19)41)11-27(33(45)46)51-35(49)31-29(17-3-7-21(39)25(43)13-17)30(18-4-8-22(40)26(44)14-18)32(31)36(50)52-28(34(47)48)12-16-2-6-20(38)24(42)10-16/h1-10,13-14,27-32,37-44H,11-12H2,(H,45,46)(H,47,48)/t27-,28-,29-,30+,31-,32+/m0/s1. The molecule has 1 fully saturated rings. The number of carboxylic acid groups (broad SMARTS) is 2. The van der Waals surface area contributed by atoms with Crippen molar-refractivity contribution in [2.75, 3.05) is 0 Å². The summed E-state index contributed by atoms with van der Waals surface area (Å²) in [4.78, 5) is 52.6. The molecule has 16 heteroatoms. The van der Waals surface area contributed by atoms with Gasteiger partial charge in [-0.2, -0.15) is 0 Å². The zero-order valence-corrected chi connectivity index (χ0v) is 26.7. The SMILES string of the molecule is O=C(O[C@@H](Cc1ccc(O)c(O)c1)C(=O)O)[C@@H]1[C@H](C(=O)O[C@@H](Cc2ccc(O)c(O)c2)C(=O)O)[C@H](c2ccc(O)c(O)c2)[C@@H]1c1ccc(O)c(O)c1. The lowest BCUT2D eigenvalue weighted by Gasteiger charge is -2.50. The normalized spacial score (nSPS) is 19.1. The molecule has 0 unspecified atom stereocenters. The van der Waals surface area contributed by atoms with Gasteiger partial charge < -0.3 is 60.5 Å². The average Bonchev–Trinajstić information content (AvgIpc) is 3.06. The van der Waals surface area contributed by atoms with E-state index in [1.807, 2.05) is 0 Å². The highest BCUT2D eigenvalue weighted by molar-refractivity contribution is 5.90. The van der Waals surface area contributed by atoms with E-state index >= 15 is 0 Å². The van der Waals surface area contributed by atoms with Gasteiger partial charge in [0.1, 0.15) is 0 Å². The van der Waals surface area contributed by atoms with Gasteiger partial charge in [0, 0.05) is 24.7 Å². The summed E-state index contributed by atoms with van der Waals surface area (Å²) in [5, 5.41) is 99.6. The van der Waals surface area contributed by atoms with Gasteiger partial charge in [-0.05, 0) is 70.8 Å². The summed E-state index contributed by atoms with van der Waals surface area (Å²) in [6.45, 7) is 0. The van der Waals surface area contributed by atoms with Crippen LogP contribution in [0.4, 0.5) is 0 Å². The Balaban J connectivity index is 1.56. The first-order chi connectivity index (χ1) is 24.5. The Morgan fingerprint density at radius 3 is 1.06 bits per heavy atom. The van der Waals surface area contributed by atoms with Crippen molar-refractivity contribution >= 4 is 23.9 Å². The largest absolute Gasteiger partial charge is 0.504 e. The fourth-order valence-electron chi connectivity index (χ4n) is 6.28. The summed E-state index contributed by atoms with van der Waals surface area (Å²) in [6.07, 6.45) is -4.82. The number of phenolic OH excluding ortho intramolecular Hbond substituents is 8. The second-order valence-corrected chi connectivity index (χ2v) is 12.2. The molecule has 10 N–H and O–H groups in total. The minimum atomic E-state index is -1.91. The molecule has 0 saturated heterocycles. The second kappa shape index (κ2) is 14.6. The number of aliphatic carboxylic acids is 2. The van der Waals surface area contributed by atoms with Gasteiger partial charge in [-0.3, -0.25) is 9.59 Å². The molecule has 4 aromatic carbocycles. The summed E-state index contributed by atoms with van der Waals surface area (Å²) in [5.74, 6) is -15.9. The van der Waals surface area contributed by atoms with E-state index in [0.29, 0.717) is 0 Å². The van der Waals surface area contributed by atoms with Crippen LogP contribution in [0.1, 0.15) is 34.1 Å². The van der Waals surface area contributed by atoms with E-state index in [-0.39, 0.29) is 22.3 Å². The third kappa shape index (κ3) is 7.50. The number of benzene rings is 4. The third-order valence-electron chi connectivity index (χ3n) is 8.85. The van der Waals surface area contributed by atoms with Crippen LogP contribution in [0.15, 0.2) is 72.8 Å². The minimum absolute atomic E-state index is 0.128. The fourth-order valence-corrected chi connectivity index (χ4v) is 6.28. The fraction of sp³-hybridized carbons (Fsp3) is 0.222. The van der Waals surface area contributed by atoms with Crippen LogP contribution in [0, 0.1) is 11.8 Å². The molecule has 4 aromatic rings. The average molecular weight is 721 g/mol. The van der Waals surface area contributed by atoms with Crippen LogP contribution in [0.3, 0.4) is 0 Å². The number of carboxylic acids is 2. The van der Waals surface area contributed by atoms with Crippen LogP contribution in [-0.2, 0) is 41.5 Å². The summed E-state index contributed by atoms with van der Waals surface area (Å²) in [5.41, 5.74) is 0.538. The van der Waals surface area contributed by atoms with Gasteiger partial charge in [-0.15, -0.1) is 0 Å². The molecule has 1 saturated carbocycles. The van der Waals surface area contributed by atoms with Crippen molar-refractivity contribution in [2.24, 2.45) is 11.8 Å². The van der Waals surface area contributed by atoms with Crippen LogP contribution in [0.25, 0.3) is 0 Å². The van der Waals surface area contributed by atoms with Crippen LogP contribution >= 0.6 is 0 Å². The van der Waals surface area contributed by atoms with Crippen molar-refractivity contribution in [3.05, 3.63) is 95.1 Å².